The zero-order chi connectivity index (χ0) is 13.7. The van der Waals surface area contributed by atoms with Crippen molar-refractivity contribution in [2.45, 2.75) is 41.0 Å². The Morgan fingerprint density at radius 1 is 1.00 bits per heavy atom. The molecule has 0 radical (unpaired) electrons. The molecular weight excluding hydrogens is 412 g/mol. The van der Waals surface area contributed by atoms with Crippen LogP contribution in [0.1, 0.15) is 6.42 Å². The predicted molar refractivity (Wildman–Crippen MR) is 87.3 cm³/mol. The minimum Gasteiger partial charge on any atom is -1.00 e. The fourth-order valence-corrected chi connectivity index (χ4v) is 14.7. The van der Waals surface area contributed by atoms with Crippen LogP contribution in [0.25, 0.3) is 0 Å². The van der Waals surface area contributed by atoms with Crippen LogP contribution in [0.3, 0.4) is 0 Å². The number of halogens is 4. The van der Waals surface area contributed by atoms with Gasteiger partial charge in [0.15, 0.2) is 0 Å². The first-order valence-electron chi connectivity index (χ1n) is 7.07. The third kappa shape index (κ3) is 4.86. The zero-order valence-electron chi connectivity index (χ0n) is 14.2. The molecule has 0 bridgehead atoms. The largest absolute Gasteiger partial charge is 1.00 e. The van der Waals surface area contributed by atoms with Crippen LogP contribution in [0.15, 0.2) is 39.4 Å². The van der Waals surface area contributed by atoms with E-state index in [0.717, 1.165) is 8.19 Å². The second-order valence-corrected chi connectivity index (χ2v) is 28.6. The van der Waals surface area contributed by atoms with Gasteiger partial charge in [-0.05, 0) is 0 Å². The molecule has 1 aliphatic rings. The van der Waals surface area contributed by atoms with Crippen LogP contribution >= 0.6 is 8.19 Å². The number of allylic oxidation sites excluding steroid dienone is 4. The maximum absolute atomic E-state index is 3.19. The summed E-state index contributed by atoms with van der Waals surface area (Å²) < 4.78 is 3.53. The van der Waals surface area contributed by atoms with Crippen LogP contribution in [-0.4, -0.2) is 6.71 Å². The molecule has 2 rings (SSSR count). The van der Waals surface area contributed by atoms with Crippen molar-refractivity contribution in [3.05, 3.63) is 39.4 Å². The number of hydrogen-bond donors (Lipinski definition) is 0. The Hall–Kier alpha value is 1.20. The summed E-state index contributed by atoms with van der Waals surface area (Å²) in [6.07, 6.45) is 5.94. The molecule has 22 heavy (non-hydrogen) atoms. The van der Waals surface area contributed by atoms with E-state index in [9.17, 15) is 0 Å². The summed E-state index contributed by atoms with van der Waals surface area (Å²) in [6.45, 7) is 5.31. The molecule has 0 fully saturated rings. The van der Waals surface area contributed by atoms with Crippen molar-refractivity contribution in [1.82, 2.24) is 0 Å². The molecule has 1 aromatic rings. The van der Waals surface area contributed by atoms with Crippen molar-refractivity contribution >= 4 is 18.5 Å². The summed E-state index contributed by atoms with van der Waals surface area (Å²) in [5.41, 5.74) is 1.62. The van der Waals surface area contributed by atoms with E-state index in [1.54, 1.807) is 13.0 Å². The molecule has 0 aromatic carbocycles. The molecule has 1 aliphatic carbocycles. The minimum atomic E-state index is -3.19. The molecule has 0 amide bonds. The van der Waals surface area contributed by atoms with Crippen molar-refractivity contribution in [1.29, 1.82) is 0 Å². The van der Waals surface area contributed by atoms with Gasteiger partial charge in [0.25, 0.3) is 0 Å². The van der Waals surface area contributed by atoms with Crippen LogP contribution < -0.4 is 53.2 Å². The van der Waals surface area contributed by atoms with E-state index in [1.807, 2.05) is 0 Å². The van der Waals surface area contributed by atoms with Crippen LogP contribution in [-0.2, 0) is 14.0 Å². The fourth-order valence-electron chi connectivity index (χ4n) is 3.36. The average molecular weight is 438 g/mol. The smallest absolute Gasteiger partial charge is 1.00 e. The van der Waals surface area contributed by atoms with E-state index in [2.05, 4.69) is 64.6 Å². The van der Waals surface area contributed by atoms with Gasteiger partial charge in [-0.1, -0.05) is 0 Å². The van der Waals surface area contributed by atoms with E-state index in [1.165, 1.54) is 6.42 Å². The Morgan fingerprint density at radius 3 is 1.95 bits per heavy atom. The van der Waals surface area contributed by atoms with Crippen LogP contribution in [0.5, 0.6) is 0 Å². The average Bonchev–Trinajstić information content (AvgIpc) is 2.89. The summed E-state index contributed by atoms with van der Waals surface area (Å²) in [7, 11) is 0.905. The number of hydrogen-bond acceptors (Lipinski definition) is 0. The van der Waals surface area contributed by atoms with Crippen molar-refractivity contribution in [2.24, 2.45) is 0 Å². The Morgan fingerprint density at radius 2 is 1.55 bits per heavy atom. The topological polar surface area (TPSA) is 0 Å². The Balaban J connectivity index is -0.000000902. The fraction of sp³-hybridized carbons (Fsp3) is 0.467. The standard InChI is InChI=1S/C7H10B.C4H4P.4CH3.4ClH.Ti/c1-8(2)7-5-3-4-6-7;1-2-4-5-3-1;;;;;;;;;/h3,5H,4H2,1-2H3;1-3,5H;4*1H3;4*1H;/q;;;;;;;;;;+4/p-4. The van der Waals surface area contributed by atoms with Crippen molar-refractivity contribution in [3.63, 3.8) is 0 Å². The molecule has 0 spiro atoms. The van der Waals surface area contributed by atoms with E-state index in [0.29, 0.717) is 6.71 Å². The molecule has 1 atom stereocenters. The SMILES string of the molecule is CB(C)C1=[C]([Ti+4]([CH3])([CH3])([CH3])([CH3])[c]2ccc[pH]2)CC=C1.[Cl-].[Cl-].[Cl-].[Cl-]. The Bertz CT molecular complexity index is 541. The third-order valence-electron chi connectivity index (χ3n) is 4.76. The maximum Gasteiger partial charge on any atom is -1.00 e. The summed E-state index contributed by atoms with van der Waals surface area (Å²) in [6, 6.07) is 4.67. The monoisotopic (exact) mass is 436 g/mol. The number of rotatable bonds is 3. The Labute approximate surface area is 161 Å². The summed E-state index contributed by atoms with van der Waals surface area (Å²) in [5, 5.41) is 10.4. The first-order chi connectivity index (χ1) is 8.06. The van der Waals surface area contributed by atoms with Gasteiger partial charge < -0.3 is 49.6 Å². The first kappa shape index (κ1) is 28.0. The summed E-state index contributed by atoms with van der Waals surface area (Å²) in [4.78, 5) is 0. The molecule has 7 heteroatoms. The zero-order valence-corrected chi connectivity index (χ0v) is 19.8. The third-order valence-corrected chi connectivity index (χ3v) is 20.0. The summed E-state index contributed by atoms with van der Waals surface area (Å²) >= 11 is -3.19. The van der Waals surface area contributed by atoms with E-state index >= 15 is 0 Å². The molecule has 0 N–H and O–H groups in total. The van der Waals surface area contributed by atoms with Crippen LogP contribution in [0.4, 0.5) is 0 Å². The summed E-state index contributed by atoms with van der Waals surface area (Å²) in [5.74, 6) is 2.34. The van der Waals surface area contributed by atoms with Crippen molar-refractivity contribution in [2.75, 3.05) is 0 Å². The molecule has 0 saturated carbocycles. The second kappa shape index (κ2) is 8.05. The normalized spacial score (nSPS) is 13.4. The van der Waals surface area contributed by atoms with Crippen molar-refractivity contribution in [3.8, 4) is 0 Å². The van der Waals surface area contributed by atoms with Crippen LogP contribution in [0, 0.1) is 0 Å². The molecule has 0 saturated heterocycles. The van der Waals surface area contributed by atoms with E-state index in [4.69, 9.17) is 0 Å². The van der Waals surface area contributed by atoms with Gasteiger partial charge >= 0.3 is 113 Å². The molecule has 126 valence electrons. The van der Waals surface area contributed by atoms with Crippen molar-refractivity contribution < 1.29 is 63.7 Å². The van der Waals surface area contributed by atoms with Gasteiger partial charge in [0.05, 0.1) is 0 Å². The molecule has 1 unspecified atom stereocenters. The molecule has 0 nitrogen and oxygen atoms in total. The second-order valence-electron chi connectivity index (χ2n) is 8.90. The van der Waals surface area contributed by atoms with Gasteiger partial charge in [0.1, 0.15) is 0 Å². The maximum atomic E-state index is 2.61. The molecular formula is C15H26BCl4PTi. The minimum absolute atomic E-state index is 0. The van der Waals surface area contributed by atoms with Gasteiger partial charge in [-0.15, -0.1) is 0 Å². The Kier molecular flexibility index (Phi) is 10.3. The molecule has 1 heterocycles. The van der Waals surface area contributed by atoms with Gasteiger partial charge in [0, 0.05) is 0 Å². The predicted octanol–water partition coefficient (Wildman–Crippen LogP) is -6.72. The van der Waals surface area contributed by atoms with E-state index in [-0.39, 0.29) is 49.6 Å². The quantitative estimate of drug-likeness (QED) is 0.413. The van der Waals surface area contributed by atoms with Crippen LogP contribution in [0.2, 0.25) is 34.6 Å². The van der Waals surface area contributed by atoms with Gasteiger partial charge in [-0.2, -0.15) is 0 Å². The molecule has 0 aliphatic heterocycles. The van der Waals surface area contributed by atoms with Gasteiger partial charge in [0.2, 0.25) is 0 Å². The van der Waals surface area contributed by atoms with E-state index < -0.39 is 14.0 Å². The first-order valence-corrected chi connectivity index (χ1v) is 16.0. The van der Waals surface area contributed by atoms with Gasteiger partial charge in [-0.3, -0.25) is 0 Å². The van der Waals surface area contributed by atoms with Gasteiger partial charge in [-0.25, -0.2) is 0 Å². The molecule has 1 aromatic heterocycles.